The van der Waals surface area contributed by atoms with E-state index in [2.05, 4.69) is 4.98 Å². The summed E-state index contributed by atoms with van der Waals surface area (Å²) in [6.07, 6.45) is 0.0866. The first-order chi connectivity index (χ1) is 13.6. The van der Waals surface area contributed by atoms with E-state index in [0.29, 0.717) is 11.2 Å². The highest BCUT2D eigenvalue weighted by Gasteiger charge is 2.19. The van der Waals surface area contributed by atoms with Crippen LogP contribution in [0.4, 0.5) is 10.1 Å². The van der Waals surface area contributed by atoms with Gasteiger partial charge in [0.15, 0.2) is 6.61 Å². The Hall–Kier alpha value is -3.79. The topological polar surface area (TPSA) is 83.3 Å². The number of nitrogens with zero attached hydrogens (tertiary/aromatic N) is 3. The smallest absolute Gasteiger partial charge is 0.357 e. The molecule has 0 radical (unpaired) electrons. The maximum Gasteiger partial charge on any atom is 0.357 e. The molecule has 0 aliphatic heterocycles. The van der Waals surface area contributed by atoms with Crippen molar-refractivity contribution in [2.45, 2.75) is 6.42 Å². The lowest BCUT2D eigenvalue weighted by Crippen LogP contribution is -2.35. The van der Waals surface area contributed by atoms with Crippen molar-refractivity contribution in [3.8, 4) is 6.07 Å². The number of rotatable bonds is 6. The molecule has 3 rings (SSSR count). The number of pyridine rings is 1. The van der Waals surface area contributed by atoms with Crippen LogP contribution in [0.1, 0.15) is 16.9 Å². The van der Waals surface area contributed by atoms with E-state index in [-0.39, 0.29) is 18.7 Å². The Kier molecular flexibility index (Phi) is 5.92. The standard InChI is InChI=1S/C21H16FN3O3/c22-16-7-9-17(10-8-16)25(13-3-12-23)20(26)14-28-21(27)19-11-6-15-4-1-2-5-18(15)24-19/h1-2,4-11H,3,13-14H2. The Labute approximate surface area is 160 Å². The molecule has 7 heteroatoms. The van der Waals surface area contributed by atoms with E-state index >= 15 is 0 Å². The number of hydrogen-bond donors (Lipinski definition) is 0. The van der Waals surface area contributed by atoms with Crippen molar-refractivity contribution in [2.75, 3.05) is 18.1 Å². The van der Waals surface area contributed by atoms with Crippen LogP contribution in [0.25, 0.3) is 10.9 Å². The molecule has 6 nitrogen and oxygen atoms in total. The SMILES string of the molecule is N#CCCN(C(=O)COC(=O)c1ccc2ccccc2n1)c1ccc(F)cc1. The number of carbonyl (C=O) groups is 2. The molecule has 1 aromatic heterocycles. The molecule has 1 amide bonds. The van der Waals surface area contributed by atoms with Crippen molar-refractivity contribution in [1.82, 2.24) is 4.98 Å². The molecule has 0 saturated carbocycles. The molecule has 0 fully saturated rings. The molecule has 0 bridgehead atoms. The average molecular weight is 377 g/mol. The highest BCUT2D eigenvalue weighted by molar-refractivity contribution is 5.97. The summed E-state index contributed by atoms with van der Waals surface area (Å²) in [7, 11) is 0. The van der Waals surface area contributed by atoms with Gasteiger partial charge in [0.05, 0.1) is 18.0 Å². The van der Waals surface area contributed by atoms with Crippen LogP contribution >= 0.6 is 0 Å². The van der Waals surface area contributed by atoms with Gasteiger partial charge in [-0.1, -0.05) is 24.3 Å². The van der Waals surface area contributed by atoms with Crippen LogP contribution in [0.5, 0.6) is 0 Å². The quantitative estimate of drug-likeness (QED) is 0.614. The summed E-state index contributed by atoms with van der Waals surface area (Å²) >= 11 is 0. The third kappa shape index (κ3) is 4.48. The third-order valence-corrected chi connectivity index (χ3v) is 4.02. The van der Waals surface area contributed by atoms with Crippen LogP contribution in [0.2, 0.25) is 0 Å². The molecule has 28 heavy (non-hydrogen) atoms. The highest BCUT2D eigenvalue weighted by Crippen LogP contribution is 2.16. The number of carbonyl (C=O) groups excluding carboxylic acids is 2. The minimum absolute atomic E-state index is 0.0866. The number of ether oxygens (including phenoxy) is 1. The predicted octanol–water partition coefficient (Wildman–Crippen LogP) is 3.48. The second kappa shape index (κ2) is 8.73. The van der Waals surface area contributed by atoms with Gasteiger partial charge < -0.3 is 9.64 Å². The molecule has 3 aromatic rings. The summed E-state index contributed by atoms with van der Waals surface area (Å²) in [5, 5.41) is 9.68. The van der Waals surface area contributed by atoms with Crippen LogP contribution in [-0.2, 0) is 9.53 Å². The fourth-order valence-corrected chi connectivity index (χ4v) is 2.64. The summed E-state index contributed by atoms with van der Waals surface area (Å²) in [4.78, 5) is 30.3. The summed E-state index contributed by atoms with van der Waals surface area (Å²) < 4.78 is 18.2. The van der Waals surface area contributed by atoms with E-state index in [4.69, 9.17) is 10.00 Å². The van der Waals surface area contributed by atoms with Crippen LogP contribution in [0.3, 0.4) is 0 Å². The van der Waals surface area contributed by atoms with E-state index in [1.165, 1.54) is 35.2 Å². The average Bonchev–Trinajstić information content (AvgIpc) is 2.73. The predicted molar refractivity (Wildman–Crippen MR) is 101 cm³/mol. The van der Waals surface area contributed by atoms with Gasteiger partial charge >= 0.3 is 5.97 Å². The van der Waals surface area contributed by atoms with Crippen LogP contribution in [0.15, 0.2) is 60.7 Å². The molecule has 0 aliphatic rings. The number of hydrogen-bond acceptors (Lipinski definition) is 5. The number of para-hydroxylation sites is 1. The largest absolute Gasteiger partial charge is 0.451 e. The zero-order valence-electron chi connectivity index (χ0n) is 14.8. The summed E-state index contributed by atoms with van der Waals surface area (Å²) in [5.74, 6) is -1.68. The van der Waals surface area contributed by atoms with E-state index in [1.54, 1.807) is 12.1 Å². The molecule has 0 N–H and O–H groups in total. The zero-order valence-corrected chi connectivity index (χ0v) is 14.8. The lowest BCUT2D eigenvalue weighted by atomic mass is 10.2. The first-order valence-electron chi connectivity index (χ1n) is 8.54. The van der Waals surface area contributed by atoms with Crippen molar-refractivity contribution >= 4 is 28.5 Å². The molecule has 0 aliphatic carbocycles. The van der Waals surface area contributed by atoms with Crippen molar-refractivity contribution in [3.05, 3.63) is 72.2 Å². The molecule has 0 spiro atoms. The number of fused-ring (bicyclic) bond motifs is 1. The fourth-order valence-electron chi connectivity index (χ4n) is 2.64. The molecule has 0 saturated heterocycles. The maximum absolute atomic E-state index is 13.1. The Bertz CT molecular complexity index is 1040. The lowest BCUT2D eigenvalue weighted by Gasteiger charge is -2.21. The summed E-state index contributed by atoms with van der Waals surface area (Å²) in [5.41, 5.74) is 1.16. The van der Waals surface area contributed by atoms with Crippen molar-refractivity contribution < 1.29 is 18.7 Å². The minimum atomic E-state index is -0.724. The van der Waals surface area contributed by atoms with E-state index in [1.807, 2.05) is 24.3 Å². The van der Waals surface area contributed by atoms with Gasteiger partial charge in [-0.15, -0.1) is 0 Å². The number of amides is 1. The summed E-state index contributed by atoms with van der Waals surface area (Å²) in [6.45, 7) is -0.414. The van der Waals surface area contributed by atoms with Gasteiger partial charge in [-0.3, -0.25) is 4.79 Å². The van der Waals surface area contributed by atoms with Gasteiger partial charge in [-0.25, -0.2) is 14.2 Å². The number of halogens is 1. The molecule has 140 valence electrons. The Morgan fingerprint density at radius 2 is 1.82 bits per heavy atom. The zero-order chi connectivity index (χ0) is 19.9. The molecule has 2 aromatic carbocycles. The van der Waals surface area contributed by atoms with Crippen molar-refractivity contribution in [2.24, 2.45) is 0 Å². The van der Waals surface area contributed by atoms with Gasteiger partial charge in [-0.05, 0) is 36.4 Å². The molecular weight excluding hydrogens is 361 g/mol. The molecular formula is C21H16FN3O3. The number of aromatic nitrogens is 1. The number of anilines is 1. The van der Waals surface area contributed by atoms with Gasteiger partial charge in [0, 0.05) is 17.6 Å². The second-order valence-electron chi connectivity index (χ2n) is 5.90. The van der Waals surface area contributed by atoms with Gasteiger partial charge in [0.1, 0.15) is 11.5 Å². The lowest BCUT2D eigenvalue weighted by molar-refractivity contribution is -0.121. The second-order valence-corrected chi connectivity index (χ2v) is 5.90. The number of nitriles is 1. The maximum atomic E-state index is 13.1. The third-order valence-electron chi connectivity index (χ3n) is 4.02. The minimum Gasteiger partial charge on any atom is -0.451 e. The number of benzene rings is 2. The van der Waals surface area contributed by atoms with E-state index in [0.717, 1.165) is 5.39 Å². The molecule has 1 heterocycles. The molecule has 0 unspecified atom stereocenters. The fraction of sp³-hybridized carbons (Fsp3) is 0.143. The van der Waals surface area contributed by atoms with Gasteiger partial charge in [-0.2, -0.15) is 5.26 Å². The van der Waals surface area contributed by atoms with E-state index in [9.17, 15) is 14.0 Å². The van der Waals surface area contributed by atoms with Crippen molar-refractivity contribution in [3.63, 3.8) is 0 Å². The normalized spacial score (nSPS) is 10.3. The Morgan fingerprint density at radius 3 is 2.57 bits per heavy atom. The first-order valence-corrected chi connectivity index (χ1v) is 8.54. The van der Waals surface area contributed by atoms with Crippen LogP contribution in [-0.4, -0.2) is 30.0 Å². The monoisotopic (exact) mass is 377 g/mol. The highest BCUT2D eigenvalue weighted by atomic mass is 19.1. The van der Waals surface area contributed by atoms with Crippen LogP contribution in [0, 0.1) is 17.1 Å². The van der Waals surface area contributed by atoms with Crippen molar-refractivity contribution in [1.29, 1.82) is 5.26 Å². The number of esters is 1. The first kappa shape index (κ1) is 19.0. The Morgan fingerprint density at radius 1 is 1.07 bits per heavy atom. The van der Waals surface area contributed by atoms with Crippen LogP contribution < -0.4 is 4.90 Å². The van der Waals surface area contributed by atoms with Gasteiger partial charge in [0.25, 0.3) is 5.91 Å². The molecule has 0 atom stereocenters. The van der Waals surface area contributed by atoms with E-state index < -0.39 is 24.3 Å². The van der Waals surface area contributed by atoms with Gasteiger partial charge in [0.2, 0.25) is 0 Å². The summed E-state index contributed by atoms with van der Waals surface area (Å²) in [6, 6.07) is 17.8. The Balaban J connectivity index is 1.69.